The maximum Gasteiger partial charge on any atom is 0.245 e. The van der Waals surface area contributed by atoms with Crippen LogP contribution in [0, 0.1) is 0 Å². The molecule has 1 amide bonds. The molecular weight excluding hydrogens is 562 g/mol. The summed E-state index contributed by atoms with van der Waals surface area (Å²) in [4.78, 5) is 13.3. The molecule has 0 bridgehead atoms. The maximum absolute atomic E-state index is 13.3. The lowest BCUT2D eigenvalue weighted by atomic mass is 10.1. The molecular formula is C27H30ClN3O6S2. The fourth-order valence-corrected chi connectivity index (χ4v) is 7.46. The molecule has 1 aliphatic rings. The van der Waals surface area contributed by atoms with Crippen LogP contribution < -0.4 is 14.8 Å². The number of hydrogen-bond acceptors (Lipinski definition) is 6. The van der Waals surface area contributed by atoms with Crippen molar-refractivity contribution in [2.75, 3.05) is 20.2 Å². The average Bonchev–Trinajstić information content (AvgIpc) is 3.48. The van der Waals surface area contributed by atoms with Gasteiger partial charge in [0.15, 0.2) is 0 Å². The van der Waals surface area contributed by atoms with Crippen LogP contribution in [0.1, 0.15) is 24.0 Å². The first kappa shape index (κ1) is 29.0. The molecule has 12 heteroatoms. The van der Waals surface area contributed by atoms with Gasteiger partial charge in [-0.05, 0) is 60.7 Å². The Balaban J connectivity index is 1.50. The number of methoxy groups -OCH3 is 1. The lowest BCUT2D eigenvalue weighted by Gasteiger charge is -2.20. The van der Waals surface area contributed by atoms with Gasteiger partial charge >= 0.3 is 0 Å². The van der Waals surface area contributed by atoms with Gasteiger partial charge in [0.25, 0.3) is 0 Å². The third-order valence-corrected chi connectivity index (χ3v) is 10.0. The molecule has 0 saturated carbocycles. The number of halogens is 1. The normalized spacial score (nSPS) is 15.1. The van der Waals surface area contributed by atoms with E-state index in [2.05, 4.69) is 10.0 Å². The molecule has 4 rings (SSSR count). The number of rotatable bonds is 11. The van der Waals surface area contributed by atoms with E-state index in [1.165, 1.54) is 41.7 Å². The van der Waals surface area contributed by atoms with Crippen LogP contribution >= 0.6 is 11.6 Å². The van der Waals surface area contributed by atoms with Crippen molar-refractivity contribution >= 4 is 37.6 Å². The molecule has 0 radical (unpaired) electrons. The summed E-state index contributed by atoms with van der Waals surface area (Å²) >= 11 is 6.03. The first-order valence-corrected chi connectivity index (χ1v) is 15.7. The van der Waals surface area contributed by atoms with Gasteiger partial charge < -0.3 is 10.1 Å². The van der Waals surface area contributed by atoms with Gasteiger partial charge in [0.2, 0.25) is 26.0 Å². The van der Waals surface area contributed by atoms with E-state index in [9.17, 15) is 21.6 Å². The minimum absolute atomic E-state index is 0.0797. The van der Waals surface area contributed by atoms with Crippen molar-refractivity contribution in [1.29, 1.82) is 0 Å². The van der Waals surface area contributed by atoms with Crippen molar-refractivity contribution < 1.29 is 26.4 Å². The molecule has 2 N–H and O–H groups in total. The standard InChI is InChI=1S/C27H30ClN3O6S2/c1-37-25-14-11-22(28)18-26(25)38(33,34)30-24(17-20-7-3-2-4-8-20)27(32)29-19-21-9-12-23(13-10-21)39(35,36)31-15-5-6-16-31/h2-4,7-14,18,24,30H,5-6,15-17,19H2,1H3,(H,29,32)/t24-/m0/s1. The molecule has 3 aromatic rings. The third-order valence-electron chi connectivity index (χ3n) is 6.40. The van der Waals surface area contributed by atoms with Crippen molar-refractivity contribution in [3.05, 3.63) is 88.9 Å². The Hall–Kier alpha value is -2.96. The molecule has 9 nitrogen and oxygen atoms in total. The number of sulfonamides is 2. The maximum atomic E-state index is 13.3. The minimum Gasteiger partial charge on any atom is -0.495 e. The summed E-state index contributed by atoms with van der Waals surface area (Å²) in [5.41, 5.74) is 1.43. The number of amides is 1. The highest BCUT2D eigenvalue weighted by atomic mass is 35.5. The number of ether oxygens (including phenoxy) is 1. The van der Waals surface area contributed by atoms with Crippen LogP contribution in [-0.4, -0.2) is 53.3 Å². The minimum atomic E-state index is -4.19. The molecule has 3 aromatic carbocycles. The molecule has 0 spiro atoms. The molecule has 1 heterocycles. The van der Waals surface area contributed by atoms with Crippen LogP contribution in [0.3, 0.4) is 0 Å². The zero-order valence-corrected chi connectivity index (χ0v) is 23.7. The molecule has 39 heavy (non-hydrogen) atoms. The highest BCUT2D eigenvalue weighted by Crippen LogP contribution is 2.27. The van der Waals surface area contributed by atoms with Crippen molar-refractivity contribution in [2.24, 2.45) is 0 Å². The van der Waals surface area contributed by atoms with E-state index in [0.717, 1.165) is 18.4 Å². The summed E-state index contributed by atoms with van der Waals surface area (Å²) < 4.78 is 61.3. The number of carbonyl (C=O) groups excluding carboxylic acids is 1. The van der Waals surface area contributed by atoms with E-state index in [1.54, 1.807) is 36.4 Å². The first-order valence-electron chi connectivity index (χ1n) is 12.4. The summed E-state index contributed by atoms with van der Waals surface area (Å²) in [7, 11) is -6.39. The van der Waals surface area contributed by atoms with E-state index < -0.39 is 32.0 Å². The summed E-state index contributed by atoms with van der Waals surface area (Å²) in [6, 6.07) is 18.4. The van der Waals surface area contributed by atoms with E-state index in [4.69, 9.17) is 16.3 Å². The summed E-state index contributed by atoms with van der Waals surface area (Å²) in [6.07, 6.45) is 1.80. The molecule has 1 saturated heterocycles. The molecule has 1 fully saturated rings. The monoisotopic (exact) mass is 591 g/mol. The summed E-state index contributed by atoms with van der Waals surface area (Å²) in [6.45, 7) is 1.11. The van der Waals surface area contributed by atoms with Crippen molar-refractivity contribution in [1.82, 2.24) is 14.3 Å². The highest BCUT2D eigenvalue weighted by Gasteiger charge is 2.29. The van der Waals surface area contributed by atoms with Crippen molar-refractivity contribution in [2.45, 2.75) is 41.6 Å². The average molecular weight is 592 g/mol. The molecule has 0 aliphatic carbocycles. The zero-order valence-electron chi connectivity index (χ0n) is 21.3. The number of nitrogens with one attached hydrogen (secondary N) is 2. The van der Waals surface area contributed by atoms with Crippen LogP contribution in [0.25, 0.3) is 0 Å². The zero-order chi connectivity index (χ0) is 28.0. The van der Waals surface area contributed by atoms with E-state index in [0.29, 0.717) is 18.7 Å². The smallest absolute Gasteiger partial charge is 0.245 e. The Morgan fingerprint density at radius 1 is 0.949 bits per heavy atom. The van der Waals surface area contributed by atoms with Crippen LogP contribution in [0.2, 0.25) is 5.02 Å². The van der Waals surface area contributed by atoms with Gasteiger partial charge in [-0.2, -0.15) is 9.03 Å². The van der Waals surface area contributed by atoms with Crippen LogP contribution in [0.4, 0.5) is 0 Å². The van der Waals surface area contributed by atoms with Crippen LogP contribution in [0.5, 0.6) is 5.75 Å². The number of nitrogens with zero attached hydrogens (tertiary/aromatic N) is 1. The Labute approximate surface area is 234 Å². The Morgan fingerprint density at radius 2 is 1.62 bits per heavy atom. The second kappa shape index (κ2) is 12.5. The summed E-state index contributed by atoms with van der Waals surface area (Å²) in [5, 5.41) is 2.97. The Bertz CT molecular complexity index is 1510. The number of hydrogen-bond donors (Lipinski definition) is 2. The fraction of sp³-hybridized carbons (Fsp3) is 0.296. The van der Waals surface area contributed by atoms with Gasteiger partial charge in [-0.25, -0.2) is 16.8 Å². The third kappa shape index (κ3) is 7.17. The molecule has 1 atom stereocenters. The Morgan fingerprint density at radius 3 is 2.26 bits per heavy atom. The second-order valence-electron chi connectivity index (χ2n) is 9.13. The lowest BCUT2D eigenvalue weighted by Crippen LogP contribution is -2.47. The number of benzene rings is 3. The van der Waals surface area contributed by atoms with Gasteiger partial charge in [-0.1, -0.05) is 54.1 Å². The van der Waals surface area contributed by atoms with Gasteiger partial charge in [-0.15, -0.1) is 0 Å². The van der Waals surface area contributed by atoms with E-state index in [1.807, 2.05) is 6.07 Å². The van der Waals surface area contributed by atoms with E-state index in [-0.39, 0.29) is 33.5 Å². The fourth-order valence-electron chi connectivity index (χ4n) is 4.32. The van der Waals surface area contributed by atoms with Gasteiger partial charge in [0.1, 0.15) is 16.7 Å². The van der Waals surface area contributed by atoms with Crippen molar-refractivity contribution in [3.63, 3.8) is 0 Å². The molecule has 208 valence electrons. The van der Waals surface area contributed by atoms with Gasteiger partial charge in [0.05, 0.1) is 12.0 Å². The van der Waals surface area contributed by atoms with E-state index >= 15 is 0 Å². The quantitative estimate of drug-likeness (QED) is 0.353. The molecule has 0 aromatic heterocycles. The number of carbonyl (C=O) groups is 1. The van der Waals surface area contributed by atoms with Gasteiger partial charge in [-0.3, -0.25) is 4.79 Å². The summed E-state index contributed by atoms with van der Waals surface area (Å²) in [5.74, 6) is -0.452. The predicted octanol–water partition coefficient (Wildman–Crippen LogP) is 3.34. The largest absolute Gasteiger partial charge is 0.495 e. The van der Waals surface area contributed by atoms with Gasteiger partial charge in [0, 0.05) is 24.7 Å². The predicted molar refractivity (Wildman–Crippen MR) is 149 cm³/mol. The SMILES string of the molecule is COc1ccc(Cl)cc1S(=O)(=O)N[C@@H](Cc1ccccc1)C(=O)NCc1ccc(S(=O)(=O)N2CCCC2)cc1. The van der Waals surface area contributed by atoms with Crippen molar-refractivity contribution in [3.8, 4) is 5.75 Å². The lowest BCUT2D eigenvalue weighted by molar-refractivity contribution is -0.122. The topological polar surface area (TPSA) is 122 Å². The second-order valence-corrected chi connectivity index (χ2v) is 13.2. The molecule has 1 aliphatic heterocycles. The first-order chi connectivity index (χ1) is 18.6. The Kier molecular flexibility index (Phi) is 9.29. The van der Waals surface area contributed by atoms with Crippen LogP contribution in [-0.2, 0) is 37.8 Å². The molecule has 0 unspecified atom stereocenters. The highest BCUT2D eigenvalue weighted by molar-refractivity contribution is 7.89. The van der Waals surface area contributed by atoms with Crippen LogP contribution in [0.15, 0.2) is 82.6 Å².